The van der Waals surface area contributed by atoms with Crippen LogP contribution in [0, 0.1) is 0 Å². The number of alkyl carbamates (subject to hydrolysis) is 1. The second-order valence-corrected chi connectivity index (χ2v) is 4.78. The molecular formula is C15H22N2O3. The Morgan fingerprint density at radius 3 is 2.55 bits per heavy atom. The Morgan fingerprint density at radius 1 is 1.25 bits per heavy atom. The number of carbonyl (C=O) groups is 1. The fourth-order valence-corrected chi connectivity index (χ4v) is 2.14. The van der Waals surface area contributed by atoms with Crippen LogP contribution in [0.2, 0.25) is 0 Å². The maximum atomic E-state index is 11.2. The van der Waals surface area contributed by atoms with Gasteiger partial charge in [-0.05, 0) is 18.1 Å². The second-order valence-electron chi connectivity index (χ2n) is 4.78. The van der Waals surface area contributed by atoms with E-state index in [0.29, 0.717) is 13.2 Å². The van der Waals surface area contributed by atoms with Gasteiger partial charge in [0.05, 0.1) is 19.8 Å². The molecule has 1 saturated heterocycles. The highest BCUT2D eigenvalue weighted by Crippen LogP contribution is 2.09. The van der Waals surface area contributed by atoms with E-state index >= 15 is 0 Å². The van der Waals surface area contributed by atoms with Crippen molar-refractivity contribution in [2.45, 2.75) is 20.0 Å². The number of carbonyl (C=O) groups excluding carboxylic acids is 1. The Balaban J connectivity index is 1.78. The van der Waals surface area contributed by atoms with Crippen molar-refractivity contribution in [2.75, 3.05) is 32.9 Å². The number of ether oxygens (including phenoxy) is 2. The van der Waals surface area contributed by atoms with E-state index in [1.807, 2.05) is 12.1 Å². The monoisotopic (exact) mass is 278 g/mol. The maximum Gasteiger partial charge on any atom is 0.407 e. The molecule has 5 nitrogen and oxygen atoms in total. The van der Waals surface area contributed by atoms with Gasteiger partial charge in [-0.2, -0.15) is 0 Å². The topological polar surface area (TPSA) is 50.8 Å². The third kappa shape index (κ3) is 4.83. The van der Waals surface area contributed by atoms with Crippen molar-refractivity contribution in [3.63, 3.8) is 0 Å². The Hall–Kier alpha value is -1.59. The number of morpholine rings is 1. The van der Waals surface area contributed by atoms with E-state index < -0.39 is 0 Å². The molecule has 1 aromatic carbocycles. The van der Waals surface area contributed by atoms with Gasteiger partial charge in [-0.3, -0.25) is 4.90 Å². The minimum atomic E-state index is -0.370. The van der Waals surface area contributed by atoms with E-state index in [4.69, 9.17) is 9.47 Å². The molecule has 1 aliphatic heterocycles. The SMILES string of the molecule is CCOC(=O)NCc1ccc(CN2CCOCC2)cc1. The van der Waals surface area contributed by atoms with Crippen molar-refractivity contribution < 1.29 is 14.3 Å². The number of nitrogens with zero attached hydrogens (tertiary/aromatic N) is 1. The van der Waals surface area contributed by atoms with Gasteiger partial charge in [0.15, 0.2) is 0 Å². The van der Waals surface area contributed by atoms with Crippen LogP contribution in [-0.4, -0.2) is 43.9 Å². The summed E-state index contributed by atoms with van der Waals surface area (Å²) in [5.74, 6) is 0. The second kappa shape index (κ2) is 7.87. The van der Waals surface area contributed by atoms with Gasteiger partial charge in [0.1, 0.15) is 0 Å². The Labute approximate surface area is 119 Å². The third-order valence-electron chi connectivity index (χ3n) is 3.25. The summed E-state index contributed by atoms with van der Waals surface area (Å²) in [6.07, 6.45) is -0.370. The van der Waals surface area contributed by atoms with Crippen molar-refractivity contribution in [1.82, 2.24) is 10.2 Å². The zero-order chi connectivity index (χ0) is 14.2. The average Bonchev–Trinajstić information content (AvgIpc) is 2.48. The largest absolute Gasteiger partial charge is 0.450 e. The number of amides is 1. The molecule has 0 unspecified atom stereocenters. The minimum absolute atomic E-state index is 0.370. The van der Waals surface area contributed by atoms with E-state index in [0.717, 1.165) is 38.4 Å². The molecule has 1 fully saturated rings. The number of rotatable bonds is 5. The van der Waals surface area contributed by atoms with E-state index in [-0.39, 0.29) is 6.09 Å². The van der Waals surface area contributed by atoms with Gasteiger partial charge < -0.3 is 14.8 Å². The van der Waals surface area contributed by atoms with Crippen LogP contribution in [0.3, 0.4) is 0 Å². The van der Waals surface area contributed by atoms with Crippen molar-refractivity contribution in [3.05, 3.63) is 35.4 Å². The summed E-state index contributed by atoms with van der Waals surface area (Å²) < 4.78 is 10.2. The van der Waals surface area contributed by atoms with Crippen molar-refractivity contribution in [1.29, 1.82) is 0 Å². The summed E-state index contributed by atoms with van der Waals surface area (Å²) in [5.41, 5.74) is 2.36. The first kappa shape index (κ1) is 14.8. The lowest BCUT2D eigenvalue weighted by Crippen LogP contribution is -2.35. The van der Waals surface area contributed by atoms with E-state index in [1.54, 1.807) is 6.92 Å². The molecule has 1 heterocycles. The smallest absolute Gasteiger partial charge is 0.407 e. The van der Waals surface area contributed by atoms with Crippen LogP contribution < -0.4 is 5.32 Å². The molecule has 0 saturated carbocycles. The first-order valence-corrected chi connectivity index (χ1v) is 7.06. The molecule has 0 aliphatic carbocycles. The number of nitrogens with one attached hydrogen (secondary N) is 1. The number of hydrogen-bond donors (Lipinski definition) is 1. The Kier molecular flexibility index (Phi) is 5.83. The molecule has 0 bridgehead atoms. The van der Waals surface area contributed by atoms with E-state index in [2.05, 4.69) is 22.3 Å². The van der Waals surface area contributed by atoms with Gasteiger partial charge in [-0.1, -0.05) is 24.3 Å². The molecular weight excluding hydrogens is 256 g/mol. The van der Waals surface area contributed by atoms with Gasteiger partial charge in [0.2, 0.25) is 0 Å². The van der Waals surface area contributed by atoms with E-state index in [1.165, 1.54) is 5.56 Å². The highest BCUT2D eigenvalue weighted by atomic mass is 16.5. The molecule has 20 heavy (non-hydrogen) atoms. The lowest BCUT2D eigenvalue weighted by Gasteiger charge is -2.26. The van der Waals surface area contributed by atoms with Gasteiger partial charge in [0.25, 0.3) is 0 Å². The van der Waals surface area contributed by atoms with Gasteiger partial charge in [-0.25, -0.2) is 4.79 Å². The zero-order valence-corrected chi connectivity index (χ0v) is 11.9. The normalized spacial score (nSPS) is 15.8. The quantitative estimate of drug-likeness (QED) is 0.892. The Bertz CT molecular complexity index is 414. The number of benzene rings is 1. The molecule has 2 rings (SSSR count). The summed E-state index contributed by atoms with van der Waals surface area (Å²) in [7, 11) is 0. The average molecular weight is 278 g/mol. The maximum absolute atomic E-state index is 11.2. The Morgan fingerprint density at radius 2 is 1.90 bits per heavy atom. The van der Waals surface area contributed by atoms with Crippen LogP contribution in [0.15, 0.2) is 24.3 Å². The molecule has 110 valence electrons. The first-order valence-electron chi connectivity index (χ1n) is 7.06. The fraction of sp³-hybridized carbons (Fsp3) is 0.533. The predicted molar refractivity (Wildman–Crippen MR) is 76.4 cm³/mol. The molecule has 0 spiro atoms. The standard InChI is InChI=1S/C15H22N2O3/c1-2-20-15(18)16-11-13-3-5-14(6-4-13)12-17-7-9-19-10-8-17/h3-6H,2,7-12H2,1H3,(H,16,18). The molecule has 1 aliphatic rings. The van der Waals surface area contributed by atoms with Crippen LogP contribution >= 0.6 is 0 Å². The highest BCUT2D eigenvalue weighted by Gasteiger charge is 2.10. The molecule has 0 atom stereocenters. The zero-order valence-electron chi connectivity index (χ0n) is 11.9. The molecule has 1 N–H and O–H groups in total. The minimum Gasteiger partial charge on any atom is -0.450 e. The summed E-state index contributed by atoms with van der Waals surface area (Å²) in [4.78, 5) is 13.6. The lowest BCUT2D eigenvalue weighted by atomic mass is 10.1. The fourth-order valence-electron chi connectivity index (χ4n) is 2.14. The lowest BCUT2D eigenvalue weighted by molar-refractivity contribution is 0.0342. The molecule has 5 heteroatoms. The molecule has 0 aromatic heterocycles. The van der Waals surface area contributed by atoms with Crippen LogP contribution in [0.4, 0.5) is 4.79 Å². The molecule has 1 aromatic rings. The first-order chi connectivity index (χ1) is 9.78. The van der Waals surface area contributed by atoms with Gasteiger partial charge in [-0.15, -0.1) is 0 Å². The third-order valence-corrected chi connectivity index (χ3v) is 3.25. The van der Waals surface area contributed by atoms with Crippen molar-refractivity contribution in [3.8, 4) is 0 Å². The molecule has 0 radical (unpaired) electrons. The van der Waals surface area contributed by atoms with Crippen LogP contribution in [-0.2, 0) is 22.6 Å². The van der Waals surface area contributed by atoms with Crippen LogP contribution in [0.25, 0.3) is 0 Å². The summed E-state index contributed by atoms with van der Waals surface area (Å²) in [5, 5.41) is 2.71. The van der Waals surface area contributed by atoms with Crippen molar-refractivity contribution >= 4 is 6.09 Å². The van der Waals surface area contributed by atoms with Crippen LogP contribution in [0.5, 0.6) is 0 Å². The van der Waals surface area contributed by atoms with Crippen molar-refractivity contribution in [2.24, 2.45) is 0 Å². The predicted octanol–water partition coefficient (Wildman–Crippen LogP) is 1.76. The molecule has 1 amide bonds. The van der Waals surface area contributed by atoms with E-state index in [9.17, 15) is 4.79 Å². The van der Waals surface area contributed by atoms with Crippen LogP contribution in [0.1, 0.15) is 18.1 Å². The summed E-state index contributed by atoms with van der Waals surface area (Å²) in [6, 6.07) is 8.30. The summed E-state index contributed by atoms with van der Waals surface area (Å²) >= 11 is 0. The van der Waals surface area contributed by atoms with Gasteiger partial charge >= 0.3 is 6.09 Å². The van der Waals surface area contributed by atoms with Gasteiger partial charge in [0, 0.05) is 26.2 Å². The number of hydrogen-bond acceptors (Lipinski definition) is 4. The highest BCUT2D eigenvalue weighted by molar-refractivity contribution is 5.67. The summed E-state index contributed by atoms with van der Waals surface area (Å²) in [6.45, 7) is 7.26.